The number of cyclic esters (lactones) is 1. The van der Waals surface area contributed by atoms with Gasteiger partial charge < -0.3 is 35.8 Å². The standard InChI is InChI=1S/C71H88N4O5/c1-5-29-72-44-52-35-48-24-31-73-43-50-15-10-16-53(38-50)56-18-17-55(76)41-60(56)64-57-22-28-71(62(80-69(78)67(64)71)39-46(6-2)33-47-13-8-7-9-14-47)66-58(57)19-20-59-61(79-68(77)65(59)66)23-27-70(26-21-49(42-70)36-51(34-48)37-52)54-25-32-75-63(40-54)74-30-11-12-45(3)4/h7-10,13-18,23,34-35,37-39,41,45-46,49,54,57-58,63,66,72-76H,5-6,11-12,19-22,24-33,36,40,42-44H2,1-4H3/b61-23?,62-39-/t46-,49-,54-,57-,58+,63+,66-,70-,71-/m1/s1. The first-order chi connectivity index (χ1) is 39.0. The SMILES string of the molecule is CCCNCc1cc2cc(c1)C[C@H]1CC[C@@]([C@@H]3CCN[C@H](NCCCC(C)C)C3)(CC=C3OC(=O)C4=C3CC[C@H]3[C@H]5CC[C@]6(C(=C5c5cc(O)ccc5-c5cccc(c5)CNCC2)C(=O)O/C6=C\[C@H](CC)Cc2ccccc2)[C@@H]43)C1. The fourth-order valence-electron chi connectivity index (χ4n) is 16.8. The molecule has 14 bridgehead atoms. The number of phenolic OH excluding ortho intramolecular Hbond substituents is 1. The van der Waals surface area contributed by atoms with Crippen molar-refractivity contribution in [2.75, 3.05) is 26.2 Å². The number of phenols is 1. The van der Waals surface area contributed by atoms with E-state index < -0.39 is 5.41 Å². The first kappa shape index (κ1) is 55.0. The molecule has 4 aromatic carbocycles. The lowest BCUT2D eigenvalue weighted by molar-refractivity contribution is -0.135. The Morgan fingerprint density at radius 3 is 2.54 bits per heavy atom. The van der Waals surface area contributed by atoms with Crippen molar-refractivity contribution in [1.82, 2.24) is 21.3 Å². The molecule has 0 radical (unpaired) electrons. The van der Waals surface area contributed by atoms with Gasteiger partial charge in [-0.1, -0.05) is 100 Å². The van der Waals surface area contributed by atoms with Crippen LogP contribution in [0.5, 0.6) is 5.75 Å². The van der Waals surface area contributed by atoms with Crippen molar-refractivity contribution >= 4 is 17.5 Å². The topological polar surface area (TPSA) is 121 Å². The van der Waals surface area contributed by atoms with Crippen LogP contribution in [0.1, 0.15) is 151 Å². The van der Waals surface area contributed by atoms with E-state index in [1.165, 1.54) is 53.5 Å². The van der Waals surface area contributed by atoms with Crippen LogP contribution >= 0.6 is 0 Å². The Morgan fingerprint density at radius 1 is 0.812 bits per heavy atom. The molecule has 422 valence electrons. The van der Waals surface area contributed by atoms with Crippen LogP contribution in [0.4, 0.5) is 0 Å². The summed E-state index contributed by atoms with van der Waals surface area (Å²) in [5.41, 5.74) is 12.3. The number of benzene rings is 4. The van der Waals surface area contributed by atoms with Gasteiger partial charge in [-0.3, -0.25) is 0 Å². The predicted octanol–water partition coefficient (Wildman–Crippen LogP) is 13.6. The van der Waals surface area contributed by atoms with Gasteiger partial charge >= 0.3 is 11.9 Å². The first-order valence-electron chi connectivity index (χ1n) is 31.3. The lowest BCUT2D eigenvalue weighted by Crippen LogP contribution is -2.52. The fraction of sp³-hybridized carbons (Fsp3) is 0.521. The molecule has 14 rings (SSSR count). The summed E-state index contributed by atoms with van der Waals surface area (Å²) in [5, 5.41) is 26.8. The van der Waals surface area contributed by atoms with Crippen molar-refractivity contribution in [1.29, 1.82) is 0 Å². The number of hydrogen-bond donors (Lipinski definition) is 5. The third-order valence-corrected chi connectivity index (χ3v) is 20.5. The molecule has 4 fully saturated rings. The van der Waals surface area contributed by atoms with Crippen molar-refractivity contribution in [2.45, 2.75) is 156 Å². The second kappa shape index (κ2) is 23.7. The maximum absolute atomic E-state index is 15.3. The molecule has 4 aromatic rings. The molecule has 0 amide bonds. The molecule has 1 spiro atoms. The number of esters is 2. The van der Waals surface area contributed by atoms with Gasteiger partial charge in [-0.2, -0.15) is 0 Å². The molecule has 5 aliphatic heterocycles. The van der Waals surface area contributed by atoms with E-state index in [4.69, 9.17) is 9.47 Å². The van der Waals surface area contributed by atoms with Crippen LogP contribution in [-0.4, -0.2) is 49.4 Å². The van der Waals surface area contributed by atoms with Gasteiger partial charge in [0.1, 0.15) is 17.3 Å². The minimum Gasteiger partial charge on any atom is -0.508 e. The largest absolute Gasteiger partial charge is 0.508 e. The van der Waals surface area contributed by atoms with E-state index in [1.54, 1.807) is 6.07 Å². The van der Waals surface area contributed by atoms with Crippen molar-refractivity contribution < 1.29 is 24.2 Å². The molecule has 2 saturated heterocycles. The molecule has 2 saturated carbocycles. The Hall–Kier alpha value is -5.58. The van der Waals surface area contributed by atoms with E-state index in [9.17, 15) is 5.11 Å². The van der Waals surface area contributed by atoms with E-state index in [-0.39, 0.29) is 52.9 Å². The van der Waals surface area contributed by atoms with Gasteiger partial charge in [0, 0.05) is 30.2 Å². The Kier molecular flexibility index (Phi) is 16.3. The quantitative estimate of drug-likeness (QED) is 0.0621. The van der Waals surface area contributed by atoms with Crippen LogP contribution < -0.4 is 21.3 Å². The number of nitrogens with one attached hydrogen (secondary N) is 4. The van der Waals surface area contributed by atoms with Crippen molar-refractivity contribution in [3.63, 3.8) is 0 Å². The number of allylic oxidation sites excluding steroid dienone is 5. The third-order valence-electron chi connectivity index (χ3n) is 20.5. The van der Waals surface area contributed by atoms with Gasteiger partial charge in [-0.05, 0) is 257 Å². The number of piperidine rings is 1. The summed E-state index contributed by atoms with van der Waals surface area (Å²) in [4.78, 5) is 30.5. The van der Waals surface area contributed by atoms with Crippen molar-refractivity contribution in [3.8, 4) is 16.9 Å². The Balaban J connectivity index is 0.984. The molecule has 5 heterocycles. The maximum atomic E-state index is 15.3. The number of fused-ring (bicyclic) bond motifs is 5. The van der Waals surface area contributed by atoms with E-state index in [2.05, 4.69) is 134 Å². The normalized spacial score (nSPS) is 29.1. The van der Waals surface area contributed by atoms with Crippen LogP contribution in [0, 0.1) is 52.3 Å². The predicted molar refractivity (Wildman–Crippen MR) is 320 cm³/mol. The lowest BCUT2D eigenvalue weighted by atomic mass is 9.44. The molecule has 9 nitrogen and oxygen atoms in total. The van der Waals surface area contributed by atoms with Crippen molar-refractivity contribution in [3.05, 3.63) is 165 Å². The first-order valence-corrected chi connectivity index (χ1v) is 31.3. The smallest absolute Gasteiger partial charge is 0.340 e. The zero-order valence-corrected chi connectivity index (χ0v) is 48.3. The number of hydrogen-bond acceptors (Lipinski definition) is 9. The van der Waals surface area contributed by atoms with Crippen LogP contribution in [0.2, 0.25) is 0 Å². The zero-order valence-electron chi connectivity index (χ0n) is 48.3. The molecule has 9 heteroatoms. The highest BCUT2D eigenvalue weighted by atomic mass is 16.5. The lowest BCUT2D eigenvalue weighted by Gasteiger charge is -2.56. The highest BCUT2D eigenvalue weighted by Gasteiger charge is 2.68. The van der Waals surface area contributed by atoms with E-state index in [0.29, 0.717) is 35.5 Å². The van der Waals surface area contributed by atoms with Gasteiger partial charge in [0.2, 0.25) is 0 Å². The molecule has 0 aromatic heterocycles. The number of aromatic hydroxyl groups is 1. The van der Waals surface area contributed by atoms with Crippen molar-refractivity contribution in [2.24, 2.45) is 52.3 Å². The van der Waals surface area contributed by atoms with Gasteiger partial charge in [0.25, 0.3) is 0 Å². The number of carbonyl (C=O) groups excluding carboxylic acids is 2. The number of rotatable bonds is 14. The zero-order chi connectivity index (χ0) is 55.0. The fourth-order valence-corrected chi connectivity index (χ4v) is 16.8. The second-order valence-electron chi connectivity index (χ2n) is 26.0. The summed E-state index contributed by atoms with van der Waals surface area (Å²) in [7, 11) is 0. The highest BCUT2D eigenvalue weighted by molar-refractivity contribution is 6.07. The molecule has 5 N–H and O–H groups in total. The maximum Gasteiger partial charge on any atom is 0.340 e. The Bertz CT molecular complexity index is 3080. The molecular formula is C71H88N4O5. The Morgan fingerprint density at radius 2 is 1.69 bits per heavy atom. The van der Waals surface area contributed by atoms with Gasteiger partial charge in [0.15, 0.2) is 0 Å². The summed E-state index contributed by atoms with van der Waals surface area (Å²) in [6, 6.07) is 32.5. The molecule has 0 unspecified atom stereocenters. The summed E-state index contributed by atoms with van der Waals surface area (Å²) < 4.78 is 13.5. The molecule has 10 aliphatic rings. The van der Waals surface area contributed by atoms with Crippen LogP contribution in [0.3, 0.4) is 0 Å². The van der Waals surface area contributed by atoms with Crippen LogP contribution in [0.15, 0.2) is 131 Å². The summed E-state index contributed by atoms with van der Waals surface area (Å²) >= 11 is 0. The van der Waals surface area contributed by atoms with E-state index in [1.807, 2.05) is 12.1 Å². The van der Waals surface area contributed by atoms with Gasteiger partial charge in [-0.15, -0.1) is 0 Å². The summed E-state index contributed by atoms with van der Waals surface area (Å²) in [5.74, 6) is 2.78. The summed E-state index contributed by atoms with van der Waals surface area (Å²) in [6.45, 7) is 14.6. The van der Waals surface area contributed by atoms with Gasteiger partial charge in [-0.25, -0.2) is 9.59 Å². The monoisotopic (exact) mass is 1080 g/mol. The molecule has 5 aliphatic carbocycles. The number of ether oxygens (including phenoxy) is 2. The average Bonchev–Trinajstić information content (AvgIpc) is 1.99. The van der Waals surface area contributed by atoms with E-state index in [0.717, 1.165) is 155 Å². The average molecular weight is 1080 g/mol. The van der Waals surface area contributed by atoms with E-state index >= 15 is 9.59 Å². The molecular weight excluding hydrogens is 989 g/mol. The van der Waals surface area contributed by atoms with Gasteiger partial charge in [0.05, 0.1) is 17.2 Å². The summed E-state index contributed by atoms with van der Waals surface area (Å²) in [6.07, 6.45) is 22.0. The molecule has 80 heavy (non-hydrogen) atoms. The number of carbonyl (C=O) groups is 2. The molecule has 9 atom stereocenters. The highest BCUT2D eigenvalue weighted by Crippen LogP contribution is 2.72. The van der Waals surface area contributed by atoms with Crippen LogP contribution in [0.25, 0.3) is 16.7 Å². The minimum absolute atomic E-state index is 0.0174. The second-order valence-corrected chi connectivity index (χ2v) is 26.0. The minimum atomic E-state index is -0.860. The van der Waals surface area contributed by atoms with Crippen LogP contribution in [-0.2, 0) is 51.4 Å². The Labute approximate surface area is 476 Å². The third kappa shape index (κ3) is 10.9.